The minimum Gasteiger partial charge on any atom is -0.487 e. The molecule has 1 heterocycles. The smallest absolute Gasteiger partial charge is 0.264 e. The number of hydrogen-bond donors (Lipinski definition) is 1. The lowest BCUT2D eigenvalue weighted by Gasteiger charge is -2.14. The second kappa shape index (κ2) is 7.61. The number of hydrogen-bond acceptors (Lipinski definition) is 7. The van der Waals surface area contributed by atoms with Crippen LogP contribution < -0.4 is 9.47 Å². The van der Waals surface area contributed by atoms with E-state index in [1.807, 2.05) is 12.1 Å². The molecular formula is C14H18N2O5. The van der Waals surface area contributed by atoms with E-state index in [9.17, 15) is 5.11 Å². The molecule has 21 heavy (non-hydrogen) atoms. The number of aliphatic hydroxyl groups is 1. The first-order valence-electron chi connectivity index (χ1n) is 6.50. The van der Waals surface area contributed by atoms with Gasteiger partial charge < -0.3 is 23.8 Å². The van der Waals surface area contributed by atoms with Gasteiger partial charge in [-0.3, -0.25) is 0 Å². The van der Waals surface area contributed by atoms with Gasteiger partial charge in [-0.15, -0.1) is 0 Å². The molecule has 7 nitrogen and oxygen atoms in total. The van der Waals surface area contributed by atoms with Crippen molar-refractivity contribution >= 4 is 0 Å². The summed E-state index contributed by atoms with van der Waals surface area (Å²) in [5.74, 6) is 2.02. The molecule has 1 unspecified atom stereocenters. The second-order valence-electron chi connectivity index (χ2n) is 4.39. The van der Waals surface area contributed by atoms with Gasteiger partial charge in [-0.2, -0.15) is 4.98 Å². The monoisotopic (exact) mass is 294 g/mol. The summed E-state index contributed by atoms with van der Waals surface area (Å²) < 4.78 is 20.9. The van der Waals surface area contributed by atoms with E-state index in [2.05, 4.69) is 10.1 Å². The predicted molar refractivity (Wildman–Crippen MR) is 73.2 cm³/mol. The number of aliphatic hydroxyl groups excluding tert-OH is 1. The average molecular weight is 294 g/mol. The standard InChI is InChI=1S/C14H18N2O5/c1-10-15-14(21-16-10)9-20-13-6-4-3-5-12(13)19-8-11(17)7-18-2/h3-6,11,17H,7-9H2,1-2H3. The Labute approximate surface area is 122 Å². The number of para-hydroxylation sites is 2. The summed E-state index contributed by atoms with van der Waals surface area (Å²) in [6.45, 7) is 2.22. The van der Waals surface area contributed by atoms with Crippen molar-refractivity contribution in [2.75, 3.05) is 20.3 Å². The Morgan fingerprint density at radius 3 is 2.52 bits per heavy atom. The summed E-state index contributed by atoms with van der Waals surface area (Å²) in [5, 5.41) is 13.3. The fourth-order valence-electron chi connectivity index (χ4n) is 1.65. The average Bonchev–Trinajstić information content (AvgIpc) is 2.90. The molecule has 0 radical (unpaired) electrons. The van der Waals surface area contributed by atoms with Gasteiger partial charge >= 0.3 is 0 Å². The van der Waals surface area contributed by atoms with Crippen molar-refractivity contribution in [2.24, 2.45) is 0 Å². The number of ether oxygens (including phenoxy) is 3. The summed E-state index contributed by atoms with van der Waals surface area (Å²) in [4.78, 5) is 4.05. The molecule has 0 saturated heterocycles. The first kappa shape index (κ1) is 15.3. The summed E-state index contributed by atoms with van der Waals surface area (Å²) in [6.07, 6.45) is -0.693. The van der Waals surface area contributed by atoms with Crippen LogP contribution in [0.15, 0.2) is 28.8 Å². The molecule has 1 atom stereocenters. The Bertz CT molecular complexity index is 558. The third-order valence-corrected chi connectivity index (χ3v) is 2.56. The first-order valence-corrected chi connectivity index (χ1v) is 6.50. The van der Waals surface area contributed by atoms with Crippen molar-refractivity contribution < 1.29 is 23.8 Å². The Kier molecular flexibility index (Phi) is 5.53. The van der Waals surface area contributed by atoms with Crippen molar-refractivity contribution in [2.45, 2.75) is 19.6 Å². The predicted octanol–water partition coefficient (Wildman–Crippen LogP) is 1.34. The molecule has 0 spiro atoms. The molecule has 0 saturated carbocycles. The zero-order valence-electron chi connectivity index (χ0n) is 12.0. The quantitative estimate of drug-likeness (QED) is 0.786. The van der Waals surface area contributed by atoms with Crippen molar-refractivity contribution in [1.29, 1.82) is 0 Å². The number of aryl methyl sites for hydroxylation is 1. The molecule has 0 fully saturated rings. The maximum atomic E-state index is 9.59. The number of aromatic nitrogens is 2. The van der Waals surface area contributed by atoms with Gasteiger partial charge in [-0.1, -0.05) is 17.3 Å². The molecule has 7 heteroatoms. The lowest BCUT2D eigenvalue weighted by atomic mass is 10.3. The Morgan fingerprint density at radius 1 is 1.19 bits per heavy atom. The van der Waals surface area contributed by atoms with Crippen molar-refractivity contribution in [3.8, 4) is 11.5 Å². The van der Waals surface area contributed by atoms with E-state index in [-0.39, 0.29) is 19.8 Å². The summed E-state index contributed by atoms with van der Waals surface area (Å²) >= 11 is 0. The third-order valence-electron chi connectivity index (χ3n) is 2.56. The highest BCUT2D eigenvalue weighted by atomic mass is 16.5. The maximum Gasteiger partial charge on any atom is 0.264 e. The number of methoxy groups -OCH3 is 1. The molecule has 1 aromatic carbocycles. The zero-order chi connectivity index (χ0) is 15.1. The van der Waals surface area contributed by atoms with Gasteiger partial charge in [0.05, 0.1) is 6.61 Å². The van der Waals surface area contributed by atoms with Gasteiger partial charge in [0.15, 0.2) is 23.9 Å². The Morgan fingerprint density at radius 2 is 1.90 bits per heavy atom. The number of benzene rings is 1. The van der Waals surface area contributed by atoms with Crippen molar-refractivity contribution in [3.05, 3.63) is 36.0 Å². The van der Waals surface area contributed by atoms with Gasteiger partial charge in [0.1, 0.15) is 12.7 Å². The molecule has 0 aliphatic rings. The molecular weight excluding hydrogens is 276 g/mol. The van der Waals surface area contributed by atoms with Crippen LogP contribution >= 0.6 is 0 Å². The van der Waals surface area contributed by atoms with Crippen LogP contribution in [0.5, 0.6) is 11.5 Å². The van der Waals surface area contributed by atoms with Crippen LogP contribution in [-0.4, -0.2) is 41.7 Å². The van der Waals surface area contributed by atoms with E-state index < -0.39 is 6.10 Å². The molecule has 0 aliphatic carbocycles. The van der Waals surface area contributed by atoms with Crippen LogP contribution in [0.2, 0.25) is 0 Å². The maximum absolute atomic E-state index is 9.59. The molecule has 2 aromatic rings. The minimum atomic E-state index is -0.693. The largest absolute Gasteiger partial charge is 0.487 e. The van der Waals surface area contributed by atoms with E-state index in [1.165, 1.54) is 7.11 Å². The normalized spacial score (nSPS) is 12.1. The molecule has 2 rings (SSSR count). The Balaban J connectivity index is 1.93. The molecule has 1 N–H and O–H groups in total. The van der Waals surface area contributed by atoms with E-state index in [4.69, 9.17) is 18.7 Å². The van der Waals surface area contributed by atoms with Gasteiger partial charge in [0, 0.05) is 7.11 Å². The zero-order valence-corrected chi connectivity index (χ0v) is 12.0. The fraction of sp³-hybridized carbons (Fsp3) is 0.429. The van der Waals surface area contributed by atoms with Crippen LogP contribution in [-0.2, 0) is 11.3 Å². The van der Waals surface area contributed by atoms with E-state index in [1.54, 1.807) is 19.1 Å². The number of rotatable bonds is 8. The lowest BCUT2D eigenvalue weighted by molar-refractivity contribution is 0.0316. The van der Waals surface area contributed by atoms with Crippen LogP contribution in [0.3, 0.4) is 0 Å². The van der Waals surface area contributed by atoms with Gasteiger partial charge in [0.25, 0.3) is 5.89 Å². The first-order chi connectivity index (χ1) is 10.2. The summed E-state index contributed by atoms with van der Waals surface area (Å²) in [5.41, 5.74) is 0. The highest BCUT2D eigenvalue weighted by Crippen LogP contribution is 2.27. The van der Waals surface area contributed by atoms with E-state index >= 15 is 0 Å². The van der Waals surface area contributed by atoms with Gasteiger partial charge in [-0.05, 0) is 19.1 Å². The van der Waals surface area contributed by atoms with E-state index in [0.29, 0.717) is 23.2 Å². The number of nitrogens with zero attached hydrogens (tertiary/aromatic N) is 2. The van der Waals surface area contributed by atoms with Crippen LogP contribution in [0.25, 0.3) is 0 Å². The SMILES string of the molecule is COCC(O)COc1ccccc1OCc1nc(C)no1. The fourth-order valence-corrected chi connectivity index (χ4v) is 1.65. The summed E-state index contributed by atoms with van der Waals surface area (Å²) in [7, 11) is 1.52. The lowest BCUT2D eigenvalue weighted by Crippen LogP contribution is -2.22. The second-order valence-corrected chi connectivity index (χ2v) is 4.39. The molecule has 0 bridgehead atoms. The minimum absolute atomic E-state index is 0.119. The summed E-state index contributed by atoms with van der Waals surface area (Å²) in [6, 6.07) is 7.17. The van der Waals surface area contributed by atoms with Gasteiger partial charge in [0.2, 0.25) is 0 Å². The van der Waals surface area contributed by atoms with Crippen molar-refractivity contribution in [3.63, 3.8) is 0 Å². The molecule has 0 aliphatic heterocycles. The highest BCUT2D eigenvalue weighted by molar-refractivity contribution is 5.39. The van der Waals surface area contributed by atoms with Gasteiger partial charge in [-0.25, -0.2) is 0 Å². The third kappa shape index (κ3) is 4.73. The highest BCUT2D eigenvalue weighted by Gasteiger charge is 2.10. The molecule has 114 valence electrons. The van der Waals surface area contributed by atoms with Crippen LogP contribution in [0.4, 0.5) is 0 Å². The van der Waals surface area contributed by atoms with Crippen LogP contribution in [0.1, 0.15) is 11.7 Å². The van der Waals surface area contributed by atoms with Crippen LogP contribution in [0, 0.1) is 6.92 Å². The van der Waals surface area contributed by atoms with Crippen molar-refractivity contribution in [1.82, 2.24) is 10.1 Å². The van der Waals surface area contributed by atoms with E-state index in [0.717, 1.165) is 0 Å². The molecule has 0 amide bonds. The Hall–Kier alpha value is -2.12. The topological polar surface area (TPSA) is 86.8 Å². The molecule has 1 aromatic heterocycles.